The summed E-state index contributed by atoms with van der Waals surface area (Å²) in [5.41, 5.74) is 0.797. The van der Waals surface area contributed by atoms with E-state index < -0.39 is 0 Å². The van der Waals surface area contributed by atoms with Crippen LogP contribution in [-0.4, -0.2) is 10.9 Å². The summed E-state index contributed by atoms with van der Waals surface area (Å²) in [5, 5.41) is 3.27. The van der Waals surface area contributed by atoms with Gasteiger partial charge in [0, 0.05) is 17.0 Å². The molecular formula is C10H10ClNOS. The molecule has 0 unspecified atom stereocenters. The van der Waals surface area contributed by atoms with Crippen molar-refractivity contribution < 1.29 is 4.79 Å². The maximum absolute atomic E-state index is 11.0. The van der Waals surface area contributed by atoms with Crippen LogP contribution in [0.3, 0.4) is 0 Å². The number of halogens is 1. The number of thiocarbonyl (C=S) groups is 1. The second-order valence-electron chi connectivity index (χ2n) is 2.74. The molecule has 0 radical (unpaired) electrons. The molecule has 1 N–H and O–H groups in total. The zero-order valence-corrected chi connectivity index (χ0v) is 9.28. The molecule has 0 atom stereocenters. The van der Waals surface area contributed by atoms with Gasteiger partial charge < -0.3 is 5.32 Å². The molecule has 0 aromatic heterocycles. The average Bonchev–Trinajstić information content (AvgIpc) is 2.18. The summed E-state index contributed by atoms with van der Waals surface area (Å²) in [6.45, 7) is 1.78. The van der Waals surface area contributed by atoms with Crippen LogP contribution in [0.15, 0.2) is 24.3 Å². The fourth-order valence-electron chi connectivity index (χ4n) is 0.888. The Labute approximate surface area is 93.3 Å². The summed E-state index contributed by atoms with van der Waals surface area (Å²) in [5.74, 6) is -0.0787. The molecule has 4 heteroatoms. The molecule has 0 fully saturated rings. The summed E-state index contributed by atoms with van der Waals surface area (Å²) >= 11 is 10.8. The molecule has 14 heavy (non-hydrogen) atoms. The highest BCUT2D eigenvalue weighted by molar-refractivity contribution is 7.80. The number of carbonyl (C=O) groups excluding carboxylic acids is 1. The van der Waals surface area contributed by atoms with Gasteiger partial charge in [0.2, 0.25) is 5.91 Å². The highest BCUT2D eigenvalue weighted by Gasteiger charge is 2.03. The summed E-state index contributed by atoms with van der Waals surface area (Å²) in [6.07, 6.45) is 0.424. The van der Waals surface area contributed by atoms with Gasteiger partial charge in [-0.2, -0.15) is 0 Å². The Hall–Kier alpha value is -0.930. The third-order valence-corrected chi connectivity index (χ3v) is 2.27. The lowest BCUT2D eigenvalue weighted by molar-refractivity contribution is -0.119. The minimum Gasteiger partial charge on any atom is -0.317 e. The number of benzene rings is 1. The molecule has 0 bridgehead atoms. The smallest absolute Gasteiger partial charge is 0.224 e. The molecule has 1 rings (SSSR count). The Kier molecular flexibility index (Phi) is 4.04. The Balaban J connectivity index is 2.70. The van der Waals surface area contributed by atoms with Crippen molar-refractivity contribution in [2.45, 2.75) is 13.3 Å². The lowest BCUT2D eigenvalue weighted by Crippen LogP contribution is -2.28. The summed E-state index contributed by atoms with van der Waals surface area (Å²) in [7, 11) is 0. The van der Waals surface area contributed by atoms with Crippen molar-refractivity contribution in [2.24, 2.45) is 0 Å². The molecule has 0 saturated heterocycles. The molecule has 0 spiro atoms. The molecule has 74 valence electrons. The number of hydrogen-bond donors (Lipinski definition) is 1. The molecule has 1 aromatic carbocycles. The number of nitrogens with one attached hydrogen (secondary N) is 1. The fourth-order valence-corrected chi connectivity index (χ4v) is 1.26. The maximum atomic E-state index is 11.0. The van der Waals surface area contributed by atoms with Crippen molar-refractivity contribution in [2.75, 3.05) is 0 Å². The standard InChI is InChI=1S/C10H10ClNOS/c1-2-9(13)12-10(14)7-3-5-8(11)6-4-7/h3-6H,2H2,1H3,(H,12,13,14). The van der Waals surface area contributed by atoms with E-state index in [9.17, 15) is 4.79 Å². The largest absolute Gasteiger partial charge is 0.317 e. The normalized spacial score (nSPS) is 9.57. The highest BCUT2D eigenvalue weighted by atomic mass is 35.5. The minimum atomic E-state index is -0.0787. The van der Waals surface area contributed by atoms with Crippen molar-refractivity contribution in [3.63, 3.8) is 0 Å². The predicted octanol–water partition coefficient (Wildman–Crippen LogP) is 2.54. The molecular weight excluding hydrogens is 218 g/mol. The van der Waals surface area contributed by atoms with Gasteiger partial charge in [-0.15, -0.1) is 0 Å². The Morgan fingerprint density at radius 3 is 2.50 bits per heavy atom. The van der Waals surface area contributed by atoms with E-state index in [0.717, 1.165) is 5.56 Å². The third-order valence-electron chi connectivity index (χ3n) is 1.68. The lowest BCUT2D eigenvalue weighted by Gasteiger charge is -2.04. The average molecular weight is 228 g/mol. The van der Waals surface area contributed by atoms with Gasteiger partial charge in [0.15, 0.2) is 0 Å². The Morgan fingerprint density at radius 1 is 1.43 bits per heavy atom. The van der Waals surface area contributed by atoms with Crippen LogP contribution in [0.5, 0.6) is 0 Å². The van der Waals surface area contributed by atoms with Gasteiger partial charge in [-0.3, -0.25) is 4.79 Å². The molecule has 0 aliphatic rings. The Morgan fingerprint density at radius 2 is 2.00 bits per heavy atom. The first-order valence-electron chi connectivity index (χ1n) is 4.23. The van der Waals surface area contributed by atoms with Gasteiger partial charge in [0.25, 0.3) is 0 Å². The Bertz CT molecular complexity index is 348. The monoisotopic (exact) mass is 227 g/mol. The van der Waals surface area contributed by atoms with Crippen molar-refractivity contribution in [1.29, 1.82) is 0 Å². The van der Waals surface area contributed by atoms with E-state index in [2.05, 4.69) is 5.32 Å². The van der Waals surface area contributed by atoms with E-state index in [4.69, 9.17) is 23.8 Å². The summed E-state index contributed by atoms with van der Waals surface area (Å²) in [6, 6.07) is 7.03. The van der Waals surface area contributed by atoms with Gasteiger partial charge in [-0.25, -0.2) is 0 Å². The summed E-state index contributed by atoms with van der Waals surface area (Å²) < 4.78 is 0. The van der Waals surface area contributed by atoms with Crippen LogP contribution in [0, 0.1) is 0 Å². The molecule has 0 heterocycles. The molecule has 1 amide bonds. The van der Waals surface area contributed by atoms with Crippen LogP contribution in [0.25, 0.3) is 0 Å². The SMILES string of the molecule is CCC(=O)NC(=S)c1ccc(Cl)cc1. The molecule has 0 aliphatic carbocycles. The predicted molar refractivity (Wildman–Crippen MR) is 61.6 cm³/mol. The van der Waals surface area contributed by atoms with Crippen LogP contribution in [0.4, 0.5) is 0 Å². The maximum Gasteiger partial charge on any atom is 0.224 e. The van der Waals surface area contributed by atoms with Crippen molar-refractivity contribution in [3.05, 3.63) is 34.9 Å². The number of carbonyl (C=O) groups is 1. The van der Waals surface area contributed by atoms with Gasteiger partial charge in [0.1, 0.15) is 4.99 Å². The number of amides is 1. The zero-order valence-electron chi connectivity index (χ0n) is 7.71. The second kappa shape index (κ2) is 5.08. The highest BCUT2D eigenvalue weighted by Crippen LogP contribution is 2.09. The first kappa shape index (κ1) is 11.1. The molecule has 1 aromatic rings. The van der Waals surface area contributed by atoms with Gasteiger partial charge in [0.05, 0.1) is 0 Å². The van der Waals surface area contributed by atoms with Gasteiger partial charge in [-0.05, 0) is 12.1 Å². The second-order valence-corrected chi connectivity index (χ2v) is 3.58. The zero-order chi connectivity index (χ0) is 10.6. The van der Waals surface area contributed by atoms with Crippen LogP contribution in [0.2, 0.25) is 5.02 Å². The van der Waals surface area contributed by atoms with Crippen molar-refractivity contribution >= 4 is 34.7 Å². The van der Waals surface area contributed by atoms with Crippen molar-refractivity contribution in [3.8, 4) is 0 Å². The van der Waals surface area contributed by atoms with E-state index >= 15 is 0 Å². The van der Waals surface area contributed by atoms with E-state index in [0.29, 0.717) is 16.4 Å². The van der Waals surface area contributed by atoms with Gasteiger partial charge >= 0.3 is 0 Å². The number of hydrogen-bond acceptors (Lipinski definition) is 2. The summed E-state index contributed by atoms with van der Waals surface area (Å²) in [4.78, 5) is 11.5. The third kappa shape index (κ3) is 3.09. The minimum absolute atomic E-state index is 0.0787. The van der Waals surface area contributed by atoms with E-state index in [-0.39, 0.29) is 5.91 Å². The van der Waals surface area contributed by atoms with E-state index in [1.165, 1.54) is 0 Å². The quantitative estimate of drug-likeness (QED) is 0.787. The lowest BCUT2D eigenvalue weighted by atomic mass is 10.2. The molecule has 0 saturated carbocycles. The first-order valence-corrected chi connectivity index (χ1v) is 5.02. The van der Waals surface area contributed by atoms with Crippen LogP contribution in [-0.2, 0) is 4.79 Å². The van der Waals surface area contributed by atoms with E-state index in [1.54, 1.807) is 31.2 Å². The molecule has 2 nitrogen and oxygen atoms in total. The fraction of sp³-hybridized carbons (Fsp3) is 0.200. The van der Waals surface area contributed by atoms with Crippen LogP contribution >= 0.6 is 23.8 Å². The van der Waals surface area contributed by atoms with Crippen molar-refractivity contribution in [1.82, 2.24) is 5.32 Å². The first-order chi connectivity index (χ1) is 6.63. The topological polar surface area (TPSA) is 29.1 Å². The van der Waals surface area contributed by atoms with Crippen LogP contribution in [0.1, 0.15) is 18.9 Å². The van der Waals surface area contributed by atoms with Gasteiger partial charge in [-0.1, -0.05) is 42.9 Å². The number of rotatable bonds is 2. The molecule has 0 aliphatic heterocycles. The van der Waals surface area contributed by atoms with E-state index in [1.807, 2.05) is 0 Å². The van der Waals surface area contributed by atoms with Crippen LogP contribution < -0.4 is 5.32 Å².